The number of hydrogen-bond acceptors (Lipinski definition) is 4. The highest BCUT2D eigenvalue weighted by atomic mass is 15.2. The lowest BCUT2D eigenvalue weighted by atomic mass is 10.0. The molecule has 0 saturated heterocycles. The molecule has 0 aliphatic heterocycles. The molecule has 1 N–H and O–H groups in total. The third kappa shape index (κ3) is 4.00. The molecule has 1 atom stereocenters. The van der Waals surface area contributed by atoms with Crippen LogP contribution in [0.5, 0.6) is 0 Å². The molecule has 2 rings (SSSR count). The Bertz CT molecular complexity index is 590. The first-order valence-electron chi connectivity index (χ1n) is 7.55. The van der Waals surface area contributed by atoms with Crippen molar-refractivity contribution >= 4 is 5.95 Å². The molecule has 1 unspecified atom stereocenters. The average molecular weight is 284 g/mol. The Morgan fingerprint density at radius 2 is 1.67 bits per heavy atom. The van der Waals surface area contributed by atoms with E-state index in [1.165, 1.54) is 11.1 Å². The third-order valence-electron chi connectivity index (χ3n) is 3.47. The Morgan fingerprint density at radius 1 is 1.00 bits per heavy atom. The van der Waals surface area contributed by atoms with Gasteiger partial charge in [0.2, 0.25) is 5.95 Å². The summed E-state index contributed by atoms with van der Waals surface area (Å²) in [7, 11) is 0. The minimum absolute atomic E-state index is 0.215. The fourth-order valence-electron chi connectivity index (χ4n) is 2.20. The summed E-state index contributed by atoms with van der Waals surface area (Å²) in [5.74, 6) is 2.56. The molecular formula is C17H24N4. The van der Waals surface area contributed by atoms with Gasteiger partial charge in [-0.15, -0.1) is 0 Å². The third-order valence-corrected chi connectivity index (χ3v) is 3.47. The van der Waals surface area contributed by atoms with Crippen molar-refractivity contribution in [2.45, 2.75) is 53.0 Å². The van der Waals surface area contributed by atoms with Crippen LogP contribution >= 0.6 is 0 Å². The lowest BCUT2D eigenvalue weighted by molar-refractivity contribution is 0.710. The number of rotatable bonds is 5. The van der Waals surface area contributed by atoms with Gasteiger partial charge in [-0.3, -0.25) is 0 Å². The SMILES string of the molecule is CCC(Nc1nc(C)nc(C(C)C)n1)c1ccc(C)cc1. The molecule has 0 bridgehead atoms. The van der Waals surface area contributed by atoms with Crippen molar-refractivity contribution in [3.05, 3.63) is 47.0 Å². The summed E-state index contributed by atoms with van der Waals surface area (Å²) in [6, 6.07) is 8.81. The number of anilines is 1. The van der Waals surface area contributed by atoms with Gasteiger partial charge in [-0.05, 0) is 25.8 Å². The topological polar surface area (TPSA) is 50.7 Å². The number of aromatic nitrogens is 3. The van der Waals surface area contributed by atoms with Crippen molar-refractivity contribution in [3.8, 4) is 0 Å². The van der Waals surface area contributed by atoms with Gasteiger partial charge in [0, 0.05) is 5.92 Å². The van der Waals surface area contributed by atoms with Crippen LogP contribution in [0, 0.1) is 13.8 Å². The van der Waals surface area contributed by atoms with E-state index in [2.05, 4.69) is 72.2 Å². The van der Waals surface area contributed by atoms with Gasteiger partial charge in [-0.25, -0.2) is 4.98 Å². The number of nitrogens with one attached hydrogen (secondary N) is 1. The lowest BCUT2D eigenvalue weighted by Crippen LogP contribution is -2.14. The zero-order chi connectivity index (χ0) is 15.4. The van der Waals surface area contributed by atoms with Crippen molar-refractivity contribution in [3.63, 3.8) is 0 Å². The molecule has 0 fully saturated rings. The second-order valence-corrected chi connectivity index (χ2v) is 5.73. The summed E-state index contributed by atoms with van der Waals surface area (Å²) in [6.07, 6.45) is 0.977. The molecule has 0 spiro atoms. The largest absolute Gasteiger partial charge is 0.347 e. The summed E-state index contributed by atoms with van der Waals surface area (Å²) in [5.41, 5.74) is 2.53. The van der Waals surface area contributed by atoms with Crippen LogP contribution in [-0.2, 0) is 0 Å². The normalized spacial score (nSPS) is 12.5. The van der Waals surface area contributed by atoms with Gasteiger partial charge in [0.05, 0.1) is 6.04 Å². The van der Waals surface area contributed by atoms with Crippen molar-refractivity contribution in [2.75, 3.05) is 5.32 Å². The molecule has 112 valence electrons. The minimum Gasteiger partial charge on any atom is -0.347 e. The van der Waals surface area contributed by atoms with Crippen LogP contribution in [0.15, 0.2) is 24.3 Å². The van der Waals surface area contributed by atoms with Crippen molar-refractivity contribution in [1.29, 1.82) is 0 Å². The molecule has 4 heteroatoms. The Balaban J connectivity index is 2.24. The first-order chi connectivity index (χ1) is 9.99. The van der Waals surface area contributed by atoms with Crippen LogP contribution in [0.25, 0.3) is 0 Å². The molecule has 21 heavy (non-hydrogen) atoms. The van der Waals surface area contributed by atoms with Crippen LogP contribution in [0.1, 0.15) is 61.9 Å². The first-order valence-corrected chi connectivity index (χ1v) is 7.55. The quantitative estimate of drug-likeness (QED) is 0.895. The summed E-state index contributed by atoms with van der Waals surface area (Å²) in [4.78, 5) is 13.3. The highest BCUT2D eigenvalue weighted by Gasteiger charge is 2.13. The fourth-order valence-corrected chi connectivity index (χ4v) is 2.20. The molecule has 1 aromatic heterocycles. The van der Waals surface area contributed by atoms with Crippen LogP contribution in [0.4, 0.5) is 5.95 Å². The fraction of sp³-hybridized carbons (Fsp3) is 0.471. The maximum atomic E-state index is 4.53. The lowest BCUT2D eigenvalue weighted by Gasteiger charge is -2.18. The van der Waals surface area contributed by atoms with E-state index < -0.39 is 0 Å². The Hall–Kier alpha value is -1.97. The molecule has 2 aromatic rings. The van der Waals surface area contributed by atoms with Gasteiger partial charge < -0.3 is 5.32 Å². The molecule has 0 amide bonds. The summed E-state index contributed by atoms with van der Waals surface area (Å²) in [6.45, 7) is 10.4. The number of hydrogen-bond donors (Lipinski definition) is 1. The number of benzene rings is 1. The molecular weight excluding hydrogens is 260 g/mol. The van der Waals surface area contributed by atoms with E-state index in [4.69, 9.17) is 0 Å². The summed E-state index contributed by atoms with van der Waals surface area (Å²) in [5, 5.41) is 3.44. The molecule has 0 aliphatic carbocycles. The van der Waals surface area contributed by atoms with Gasteiger partial charge in [-0.2, -0.15) is 9.97 Å². The average Bonchev–Trinajstić information content (AvgIpc) is 2.45. The maximum Gasteiger partial charge on any atom is 0.226 e. The minimum atomic E-state index is 0.215. The van der Waals surface area contributed by atoms with Gasteiger partial charge in [-0.1, -0.05) is 50.6 Å². The van der Waals surface area contributed by atoms with Gasteiger partial charge in [0.1, 0.15) is 11.6 Å². The van der Waals surface area contributed by atoms with Gasteiger partial charge in [0.25, 0.3) is 0 Å². The van der Waals surface area contributed by atoms with Gasteiger partial charge >= 0.3 is 0 Å². The van der Waals surface area contributed by atoms with E-state index in [1.807, 2.05) is 6.92 Å². The Labute approximate surface area is 127 Å². The number of aryl methyl sites for hydroxylation is 2. The highest BCUT2D eigenvalue weighted by molar-refractivity contribution is 5.33. The van der Waals surface area contributed by atoms with Crippen LogP contribution < -0.4 is 5.32 Å². The summed E-state index contributed by atoms with van der Waals surface area (Å²) < 4.78 is 0. The van der Waals surface area contributed by atoms with E-state index in [-0.39, 0.29) is 6.04 Å². The predicted molar refractivity (Wildman–Crippen MR) is 86.5 cm³/mol. The Kier molecular flexibility index (Phi) is 4.89. The first kappa shape index (κ1) is 15.4. The second kappa shape index (κ2) is 6.66. The van der Waals surface area contributed by atoms with Crippen LogP contribution in [-0.4, -0.2) is 15.0 Å². The molecule has 4 nitrogen and oxygen atoms in total. The molecule has 1 heterocycles. The monoisotopic (exact) mass is 284 g/mol. The standard InChI is InChI=1S/C17H24N4/c1-6-15(14-9-7-12(4)8-10-14)20-17-19-13(5)18-16(21-17)11(2)3/h7-11,15H,6H2,1-5H3,(H,18,19,20,21). The van der Waals surface area contributed by atoms with E-state index in [9.17, 15) is 0 Å². The van der Waals surface area contributed by atoms with E-state index in [0.717, 1.165) is 18.1 Å². The number of nitrogens with zero attached hydrogens (tertiary/aromatic N) is 3. The van der Waals surface area contributed by atoms with Crippen molar-refractivity contribution in [2.24, 2.45) is 0 Å². The predicted octanol–water partition coefficient (Wildman–Crippen LogP) is 4.18. The highest BCUT2D eigenvalue weighted by Crippen LogP contribution is 2.22. The second-order valence-electron chi connectivity index (χ2n) is 5.73. The molecule has 0 saturated carbocycles. The smallest absolute Gasteiger partial charge is 0.226 e. The van der Waals surface area contributed by atoms with E-state index >= 15 is 0 Å². The molecule has 0 aliphatic rings. The summed E-state index contributed by atoms with van der Waals surface area (Å²) >= 11 is 0. The van der Waals surface area contributed by atoms with Crippen LogP contribution in [0.3, 0.4) is 0 Å². The molecule has 1 aromatic carbocycles. The van der Waals surface area contributed by atoms with Gasteiger partial charge in [0.15, 0.2) is 0 Å². The maximum absolute atomic E-state index is 4.53. The van der Waals surface area contributed by atoms with Crippen molar-refractivity contribution < 1.29 is 0 Å². The zero-order valence-electron chi connectivity index (χ0n) is 13.5. The Morgan fingerprint density at radius 3 is 2.24 bits per heavy atom. The van der Waals surface area contributed by atoms with Crippen molar-refractivity contribution in [1.82, 2.24) is 15.0 Å². The molecule has 0 radical (unpaired) electrons. The zero-order valence-corrected chi connectivity index (χ0v) is 13.5. The van der Waals surface area contributed by atoms with E-state index in [1.54, 1.807) is 0 Å². The van der Waals surface area contributed by atoms with Crippen LogP contribution in [0.2, 0.25) is 0 Å². The van der Waals surface area contributed by atoms with E-state index in [0.29, 0.717) is 11.9 Å².